The van der Waals surface area contributed by atoms with Crippen LogP contribution >= 0.6 is 0 Å². The van der Waals surface area contributed by atoms with Crippen LogP contribution in [0, 0.1) is 11.8 Å². The highest BCUT2D eigenvalue weighted by atomic mass is 16.2. The molecule has 1 fully saturated rings. The van der Waals surface area contributed by atoms with Crippen LogP contribution in [0.4, 0.5) is 0 Å². The Kier molecular flexibility index (Phi) is 6.64. The number of hydrogen-bond donors (Lipinski definition) is 3. The van der Waals surface area contributed by atoms with Gasteiger partial charge >= 0.3 is 0 Å². The maximum absolute atomic E-state index is 12.1. The minimum absolute atomic E-state index is 0.0292. The molecule has 0 spiro atoms. The predicted molar refractivity (Wildman–Crippen MR) is 76.0 cm³/mol. The predicted octanol–water partition coefficient (Wildman–Crippen LogP) is -0.170. The van der Waals surface area contributed by atoms with Crippen LogP contribution in [0.5, 0.6) is 0 Å². The molecule has 20 heavy (non-hydrogen) atoms. The molecule has 3 N–H and O–H groups in total. The zero-order valence-electron chi connectivity index (χ0n) is 12.4. The molecule has 1 rings (SSSR count). The van der Waals surface area contributed by atoms with Crippen molar-refractivity contribution in [2.75, 3.05) is 13.6 Å². The van der Waals surface area contributed by atoms with E-state index in [1.165, 1.54) is 0 Å². The summed E-state index contributed by atoms with van der Waals surface area (Å²) in [7, 11) is 1.73. The van der Waals surface area contributed by atoms with Gasteiger partial charge in [-0.15, -0.1) is 0 Å². The smallest absolute Gasteiger partial charge is 0.237 e. The van der Waals surface area contributed by atoms with Gasteiger partial charge in [0.25, 0.3) is 0 Å². The van der Waals surface area contributed by atoms with Crippen molar-refractivity contribution < 1.29 is 14.4 Å². The zero-order chi connectivity index (χ0) is 15.1. The Bertz CT molecular complexity index is 358. The van der Waals surface area contributed by atoms with Gasteiger partial charge in [-0.1, -0.05) is 13.8 Å². The van der Waals surface area contributed by atoms with Crippen LogP contribution in [0.15, 0.2) is 0 Å². The van der Waals surface area contributed by atoms with Gasteiger partial charge in [-0.05, 0) is 32.2 Å². The lowest BCUT2D eigenvalue weighted by molar-refractivity contribution is -0.127. The lowest BCUT2D eigenvalue weighted by Crippen LogP contribution is -2.48. The zero-order valence-corrected chi connectivity index (χ0v) is 12.4. The summed E-state index contributed by atoms with van der Waals surface area (Å²) in [5.41, 5.74) is 0. The second-order valence-electron chi connectivity index (χ2n) is 5.73. The Morgan fingerprint density at radius 3 is 2.65 bits per heavy atom. The minimum atomic E-state index is -0.598. The van der Waals surface area contributed by atoms with Crippen LogP contribution < -0.4 is 16.0 Å². The third-order valence-corrected chi connectivity index (χ3v) is 3.57. The number of carbonyl (C=O) groups excluding carboxylic acids is 3. The summed E-state index contributed by atoms with van der Waals surface area (Å²) in [6, 6.07) is -0.908. The van der Waals surface area contributed by atoms with Crippen molar-refractivity contribution in [3.63, 3.8) is 0 Å². The highest BCUT2D eigenvalue weighted by Crippen LogP contribution is 2.15. The molecule has 2 amide bonds. The molecule has 114 valence electrons. The highest BCUT2D eigenvalue weighted by molar-refractivity contribution is 5.85. The molecule has 0 aromatic rings. The van der Waals surface area contributed by atoms with E-state index >= 15 is 0 Å². The summed E-state index contributed by atoms with van der Waals surface area (Å²) in [6.45, 7) is 4.73. The largest absolute Gasteiger partial charge is 0.356 e. The number of hydrogen-bond acceptors (Lipinski definition) is 4. The number of aldehydes is 1. The van der Waals surface area contributed by atoms with Gasteiger partial charge < -0.3 is 20.7 Å². The summed E-state index contributed by atoms with van der Waals surface area (Å²) in [5.74, 6) is -0.00715. The van der Waals surface area contributed by atoms with Gasteiger partial charge in [-0.2, -0.15) is 0 Å². The lowest BCUT2D eigenvalue weighted by atomic mass is 9.98. The van der Waals surface area contributed by atoms with E-state index in [9.17, 15) is 14.4 Å². The van der Waals surface area contributed by atoms with Gasteiger partial charge in [-0.3, -0.25) is 9.59 Å². The molecule has 0 radical (unpaired) electrons. The molecule has 0 bridgehead atoms. The van der Waals surface area contributed by atoms with E-state index in [4.69, 9.17) is 0 Å². The fraction of sp³-hybridized carbons (Fsp3) is 0.786. The fourth-order valence-electron chi connectivity index (χ4n) is 2.44. The Balaban J connectivity index is 2.51. The van der Waals surface area contributed by atoms with Crippen LogP contribution in [0.2, 0.25) is 0 Å². The summed E-state index contributed by atoms with van der Waals surface area (Å²) >= 11 is 0. The van der Waals surface area contributed by atoms with Gasteiger partial charge in [0.15, 0.2) is 0 Å². The van der Waals surface area contributed by atoms with Crippen molar-refractivity contribution in [1.29, 1.82) is 0 Å². The molecule has 1 heterocycles. The molecule has 3 atom stereocenters. The molecule has 0 aromatic heterocycles. The van der Waals surface area contributed by atoms with Crippen LogP contribution in [0.1, 0.15) is 33.1 Å². The molecule has 6 heteroatoms. The molecule has 0 aromatic carbocycles. The number of amides is 2. The number of nitrogens with one attached hydrogen (secondary N) is 3. The number of likely N-dealkylation sites (N-methyl/N-ethyl adjacent to an activating group) is 1. The van der Waals surface area contributed by atoms with Gasteiger partial charge in [0.2, 0.25) is 11.8 Å². The maximum Gasteiger partial charge on any atom is 0.237 e. The molecule has 2 unspecified atom stereocenters. The standard InChI is InChI=1S/C14H25N3O3/c1-9(2)6-12(15-3)14(20)17-11(8-18)7-10-4-5-16-13(10)19/h8-12,15H,4-7H2,1-3H3,(H,16,19)(H,17,20)/t10?,11-,12?/m0/s1. The first-order valence-electron chi connectivity index (χ1n) is 7.18. The van der Waals surface area contributed by atoms with Crippen LogP contribution in [0.25, 0.3) is 0 Å². The van der Waals surface area contributed by atoms with E-state index in [0.717, 1.165) is 6.42 Å². The molecule has 0 saturated carbocycles. The highest BCUT2D eigenvalue weighted by Gasteiger charge is 2.28. The monoisotopic (exact) mass is 283 g/mol. The number of rotatable bonds is 8. The van der Waals surface area contributed by atoms with Crippen molar-refractivity contribution in [1.82, 2.24) is 16.0 Å². The van der Waals surface area contributed by atoms with E-state index in [-0.39, 0.29) is 23.8 Å². The third-order valence-electron chi connectivity index (χ3n) is 3.57. The molecule has 0 aliphatic carbocycles. The van der Waals surface area contributed by atoms with Crippen LogP contribution in [-0.2, 0) is 14.4 Å². The molecular formula is C14H25N3O3. The van der Waals surface area contributed by atoms with E-state index in [2.05, 4.69) is 16.0 Å². The minimum Gasteiger partial charge on any atom is -0.356 e. The summed E-state index contributed by atoms with van der Waals surface area (Å²) in [6.07, 6.45) is 2.52. The van der Waals surface area contributed by atoms with Crippen molar-refractivity contribution in [2.45, 2.75) is 45.2 Å². The topological polar surface area (TPSA) is 87.3 Å². The Hall–Kier alpha value is -1.43. The molecule has 6 nitrogen and oxygen atoms in total. The van der Waals surface area contributed by atoms with E-state index in [0.29, 0.717) is 31.6 Å². The van der Waals surface area contributed by atoms with Gasteiger partial charge in [0, 0.05) is 12.5 Å². The summed E-state index contributed by atoms with van der Waals surface area (Å²) in [5, 5.41) is 8.41. The number of carbonyl (C=O) groups is 3. The van der Waals surface area contributed by atoms with E-state index in [1.54, 1.807) is 7.05 Å². The fourth-order valence-corrected chi connectivity index (χ4v) is 2.44. The third kappa shape index (κ3) is 4.92. The van der Waals surface area contributed by atoms with Crippen LogP contribution in [0.3, 0.4) is 0 Å². The van der Waals surface area contributed by atoms with Gasteiger partial charge in [0.1, 0.15) is 6.29 Å². The first kappa shape index (κ1) is 16.6. The molecule has 1 aliphatic rings. The molecule has 1 aliphatic heterocycles. The van der Waals surface area contributed by atoms with Crippen LogP contribution in [-0.4, -0.2) is 43.8 Å². The Labute approximate surface area is 120 Å². The first-order valence-corrected chi connectivity index (χ1v) is 7.18. The van der Waals surface area contributed by atoms with Gasteiger partial charge in [0.05, 0.1) is 12.1 Å². The second kappa shape index (κ2) is 7.99. The Morgan fingerprint density at radius 2 is 2.20 bits per heavy atom. The van der Waals surface area contributed by atoms with E-state index < -0.39 is 6.04 Å². The normalized spacial score (nSPS) is 21.4. The van der Waals surface area contributed by atoms with Crippen molar-refractivity contribution in [3.8, 4) is 0 Å². The van der Waals surface area contributed by atoms with Crippen molar-refractivity contribution >= 4 is 18.1 Å². The van der Waals surface area contributed by atoms with Crippen molar-refractivity contribution in [3.05, 3.63) is 0 Å². The average Bonchev–Trinajstić information content (AvgIpc) is 2.80. The first-order chi connectivity index (χ1) is 9.47. The van der Waals surface area contributed by atoms with Crippen molar-refractivity contribution in [2.24, 2.45) is 11.8 Å². The molecular weight excluding hydrogens is 258 g/mol. The molecule has 1 saturated heterocycles. The second-order valence-corrected chi connectivity index (χ2v) is 5.73. The van der Waals surface area contributed by atoms with E-state index in [1.807, 2.05) is 13.8 Å². The lowest BCUT2D eigenvalue weighted by Gasteiger charge is -2.21. The Morgan fingerprint density at radius 1 is 1.50 bits per heavy atom. The van der Waals surface area contributed by atoms with Gasteiger partial charge in [-0.25, -0.2) is 0 Å². The quantitative estimate of drug-likeness (QED) is 0.540. The average molecular weight is 283 g/mol. The summed E-state index contributed by atoms with van der Waals surface area (Å²) in [4.78, 5) is 34.7. The summed E-state index contributed by atoms with van der Waals surface area (Å²) < 4.78 is 0. The SMILES string of the molecule is CNC(CC(C)C)C(=O)N[C@H](C=O)CC1CCNC1=O. The maximum atomic E-state index is 12.1.